The molecule has 0 spiro atoms. The first kappa shape index (κ1) is 30.6. The summed E-state index contributed by atoms with van der Waals surface area (Å²) in [7, 11) is 1.25. The number of carbonyl (C=O) groups excluding carboxylic acids is 3. The molecule has 4 N–H and O–H groups in total. The van der Waals surface area contributed by atoms with Crippen LogP contribution in [0.15, 0.2) is 60.9 Å². The van der Waals surface area contributed by atoms with Gasteiger partial charge >= 0.3 is 6.09 Å². The molecule has 1 aliphatic rings. The molecule has 2 aromatic heterocycles. The summed E-state index contributed by atoms with van der Waals surface area (Å²) in [5, 5.41) is 23.6. The molecule has 13 heteroatoms. The Balaban J connectivity index is 1.51. The van der Waals surface area contributed by atoms with E-state index in [1.54, 1.807) is 56.4 Å². The zero-order chi connectivity index (χ0) is 31.5. The predicted molar refractivity (Wildman–Crippen MR) is 162 cm³/mol. The van der Waals surface area contributed by atoms with E-state index in [0.717, 1.165) is 0 Å². The summed E-state index contributed by atoms with van der Waals surface area (Å²) in [5.74, 6) is -2.09. The van der Waals surface area contributed by atoms with Crippen LogP contribution in [-0.2, 0) is 9.53 Å². The predicted octanol–water partition coefficient (Wildman–Crippen LogP) is 5.41. The Bertz CT molecular complexity index is 1740. The number of nitrogens with one attached hydrogen (secondary N) is 3. The highest BCUT2D eigenvalue weighted by Gasteiger charge is 2.27. The molecule has 228 valence electrons. The second-order valence-corrected chi connectivity index (χ2v) is 10.9. The molecule has 3 atom stereocenters. The fourth-order valence-electron chi connectivity index (χ4n) is 5.11. The Morgan fingerprint density at radius 2 is 1.98 bits per heavy atom. The first-order chi connectivity index (χ1) is 21.0. The summed E-state index contributed by atoms with van der Waals surface area (Å²) in [6, 6.07) is 12.3. The summed E-state index contributed by atoms with van der Waals surface area (Å²) in [5.41, 5.74) is 3.32. The summed E-state index contributed by atoms with van der Waals surface area (Å²) in [6.45, 7) is 3.33. The van der Waals surface area contributed by atoms with Crippen molar-refractivity contribution in [2.45, 2.75) is 38.8 Å². The van der Waals surface area contributed by atoms with Gasteiger partial charge < -0.3 is 20.5 Å². The van der Waals surface area contributed by atoms with Gasteiger partial charge in [-0.05, 0) is 61.7 Å². The number of hydrogen-bond acceptors (Lipinski definition) is 7. The number of carbonyl (C=O) groups is 3. The minimum Gasteiger partial charge on any atom is -0.453 e. The number of hydrogen-bond donors (Lipinski definition) is 4. The minimum atomic E-state index is -0.970. The molecule has 11 nitrogen and oxygen atoms in total. The first-order valence-electron chi connectivity index (χ1n) is 13.8. The molecule has 3 heterocycles. The van der Waals surface area contributed by atoms with Crippen molar-refractivity contribution in [2.75, 3.05) is 17.7 Å². The third-order valence-corrected chi connectivity index (χ3v) is 7.75. The zero-order valence-electron chi connectivity index (χ0n) is 24.1. The fourth-order valence-corrected chi connectivity index (χ4v) is 5.28. The third-order valence-electron chi connectivity index (χ3n) is 7.46. The molecule has 0 aliphatic carbocycles. The van der Waals surface area contributed by atoms with Crippen molar-refractivity contribution in [3.8, 4) is 16.8 Å². The van der Waals surface area contributed by atoms with Crippen LogP contribution < -0.4 is 16.0 Å². The molecule has 3 amide bonds. The molecule has 4 aromatic rings. The number of ether oxygens (including phenoxy) is 1. The molecule has 0 saturated carbocycles. The first-order valence-corrected chi connectivity index (χ1v) is 14.2. The Morgan fingerprint density at radius 3 is 2.75 bits per heavy atom. The maximum atomic E-state index is 14.7. The minimum absolute atomic E-state index is 0.0722. The third kappa shape index (κ3) is 6.41. The smallest absolute Gasteiger partial charge is 0.411 e. The lowest BCUT2D eigenvalue weighted by atomic mass is 9.93. The van der Waals surface area contributed by atoms with Crippen molar-refractivity contribution in [1.29, 1.82) is 0 Å². The van der Waals surface area contributed by atoms with Crippen molar-refractivity contribution in [3.63, 3.8) is 0 Å². The van der Waals surface area contributed by atoms with E-state index < -0.39 is 35.9 Å². The van der Waals surface area contributed by atoms with Gasteiger partial charge in [0, 0.05) is 23.4 Å². The average molecular weight is 621 g/mol. The Kier molecular flexibility index (Phi) is 8.93. The lowest BCUT2D eigenvalue weighted by Gasteiger charge is -2.25. The number of amides is 3. The second kappa shape index (κ2) is 12.8. The summed E-state index contributed by atoms with van der Waals surface area (Å²) < 4.78 is 20.7. The summed E-state index contributed by atoms with van der Waals surface area (Å²) >= 11 is 5.95. The molecule has 2 aromatic carbocycles. The van der Waals surface area contributed by atoms with Gasteiger partial charge in [-0.3, -0.25) is 19.9 Å². The highest BCUT2D eigenvalue weighted by molar-refractivity contribution is 6.30. The van der Waals surface area contributed by atoms with Gasteiger partial charge in [0.15, 0.2) is 5.82 Å². The van der Waals surface area contributed by atoms with Crippen molar-refractivity contribution in [1.82, 2.24) is 20.1 Å². The van der Waals surface area contributed by atoms with E-state index in [2.05, 4.69) is 30.8 Å². The van der Waals surface area contributed by atoms with Gasteiger partial charge in [0.05, 0.1) is 53.1 Å². The summed E-state index contributed by atoms with van der Waals surface area (Å²) in [4.78, 5) is 43.0. The molecule has 3 unspecified atom stereocenters. The second-order valence-electron chi connectivity index (χ2n) is 10.5. The van der Waals surface area contributed by atoms with Crippen molar-refractivity contribution in [3.05, 3.63) is 88.7 Å². The lowest BCUT2D eigenvalue weighted by Crippen LogP contribution is -2.33. The highest BCUT2D eigenvalue weighted by atomic mass is 35.5. The van der Waals surface area contributed by atoms with Crippen LogP contribution in [0, 0.1) is 18.7 Å². The lowest BCUT2D eigenvalue weighted by molar-refractivity contribution is -0.120. The number of pyridine rings is 1. The molecule has 0 saturated heterocycles. The Labute approximate surface area is 257 Å². The van der Waals surface area contributed by atoms with Gasteiger partial charge in [-0.2, -0.15) is 5.10 Å². The van der Waals surface area contributed by atoms with Gasteiger partial charge in [0.25, 0.3) is 5.91 Å². The van der Waals surface area contributed by atoms with Crippen molar-refractivity contribution in [2.24, 2.45) is 5.92 Å². The maximum Gasteiger partial charge on any atom is 0.411 e. The SMILES string of the molecule is COC(=O)Nc1ccc2c(c1)NC(=O)C(C)CC(O)CC(NC(=O)c1cnn(-c3cccc(Cl)c3F)c1C)c1cc-2ccn1. The van der Waals surface area contributed by atoms with Crippen LogP contribution in [0.25, 0.3) is 16.8 Å². The van der Waals surface area contributed by atoms with Gasteiger partial charge in [0.1, 0.15) is 5.69 Å². The molecule has 44 heavy (non-hydrogen) atoms. The number of halogens is 2. The molecule has 0 radical (unpaired) electrons. The van der Waals surface area contributed by atoms with E-state index >= 15 is 0 Å². The number of rotatable bonds is 4. The number of methoxy groups -OCH3 is 1. The van der Waals surface area contributed by atoms with Gasteiger partial charge in [-0.15, -0.1) is 0 Å². The monoisotopic (exact) mass is 620 g/mol. The molecule has 1 aliphatic heterocycles. The average Bonchev–Trinajstić information content (AvgIpc) is 3.38. The quantitative estimate of drug-likeness (QED) is 0.238. The number of fused-ring (bicyclic) bond motifs is 4. The van der Waals surface area contributed by atoms with Crippen molar-refractivity contribution < 1.29 is 28.6 Å². The van der Waals surface area contributed by atoms with Crippen LogP contribution in [0.5, 0.6) is 0 Å². The standard InChI is InChI=1S/C31H30ClFN6O5/c1-16-11-20(40)14-26(38-30(42)22-15-35-39(17(22)2)27-6-4-5-23(32)28(27)33)25-12-18(9-10-34-25)21-8-7-19(36-31(43)44-3)13-24(21)37-29(16)41/h4-10,12-13,15-16,20,26,40H,11,14H2,1-3H3,(H,36,43)(H,37,41)(H,38,42). The Hall–Kier alpha value is -4.81. The van der Waals surface area contributed by atoms with Gasteiger partial charge in [-0.1, -0.05) is 30.7 Å². The maximum absolute atomic E-state index is 14.7. The molecular formula is C31H30ClFN6O5. The van der Waals surface area contributed by atoms with Crippen LogP contribution in [0.1, 0.15) is 47.6 Å². The normalized spacial score (nSPS) is 18.2. The number of aromatic nitrogens is 3. The van der Waals surface area contributed by atoms with Crippen LogP contribution in [0.3, 0.4) is 0 Å². The van der Waals surface area contributed by atoms with E-state index in [0.29, 0.717) is 33.9 Å². The van der Waals surface area contributed by atoms with E-state index in [1.807, 2.05) is 0 Å². The highest BCUT2D eigenvalue weighted by Crippen LogP contribution is 2.34. The van der Waals surface area contributed by atoms with Gasteiger partial charge in [0.2, 0.25) is 5.91 Å². The number of benzene rings is 2. The number of nitrogens with zero attached hydrogens (tertiary/aromatic N) is 3. The van der Waals surface area contributed by atoms with Crippen molar-refractivity contribution >= 4 is 40.9 Å². The van der Waals surface area contributed by atoms with Crippen LogP contribution >= 0.6 is 11.6 Å². The topological polar surface area (TPSA) is 147 Å². The van der Waals surface area contributed by atoms with Crippen LogP contribution in [-0.4, -0.2) is 51.0 Å². The van der Waals surface area contributed by atoms with Gasteiger partial charge in [-0.25, -0.2) is 13.9 Å². The fraction of sp³-hybridized carbons (Fsp3) is 0.258. The Morgan fingerprint density at radius 1 is 1.18 bits per heavy atom. The van der Waals surface area contributed by atoms with Crippen LogP contribution in [0.4, 0.5) is 20.6 Å². The van der Waals surface area contributed by atoms with Crippen LogP contribution in [0.2, 0.25) is 5.02 Å². The summed E-state index contributed by atoms with van der Waals surface area (Å²) in [6.07, 6.45) is 1.46. The largest absolute Gasteiger partial charge is 0.453 e. The van der Waals surface area contributed by atoms with E-state index in [-0.39, 0.29) is 35.0 Å². The number of anilines is 2. The van der Waals surface area contributed by atoms with E-state index in [1.165, 1.54) is 30.1 Å². The zero-order valence-corrected chi connectivity index (χ0v) is 24.9. The molecule has 0 fully saturated rings. The van der Waals surface area contributed by atoms with E-state index in [4.69, 9.17) is 11.6 Å². The molecule has 2 bridgehead atoms. The number of aliphatic hydroxyl groups is 1. The number of aliphatic hydroxyl groups excluding tert-OH is 1. The molecule has 5 rings (SSSR count). The van der Waals surface area contributed by atoms with E-state index in [9.17, 15) is 23.9 Å². The molecular weight excluding hydrogens is 591 g/mol.